The van der Waals surface area contributed by atoms with Crippen molar-refractivity contribution in [2.45, 2.75) is 100 Å². The van der Waals surface area contributed by atoms with E-state index in [9.17, 15) is 0 Å². The van der Waals surface area contributed by atoms with Crippen LogP contribution in [-0.2, 0) is 4.74 Å². The van der Waals surface area contributed by atoms with Crippen molar-refractivity contribution in [2.75, 3.05) is 6.61 Å². The summed E-state index contributed by atoms with van der Waals surface area (Å²) in [5, 5.41) is 8.68. The van der Waals surface area contributed by atoms with E-state index in [1.54, 1.807) is 0 Å². The Morgan fingerprint density at radius 1 is 1.00 bits per heavy atom. The highest BCUT2D eigenvalue weighted by atomic mass is 16.5. The fraction of sp³-hybridized carbons (Fsp3) is 1.00. The van der Waals surface area contributed by atoms with Crippen LogP contribution in [0.15, 0.2) is 0 Å². The lowest BCUT2D eigenvalue weighted by Gasteiger charge is -2.28. The molecule has 0 bridgehead atoms. The number of aliphatic hydroxyl groups excluding tert-OH is 1. The molecule has 0 amide bonds. The van der Waals surface area contributed by atoms with Gasteiger partial charge in [0.1, 0.15) is 0 Å². The van der Waals surface area contributed by atoms with Gasteiger partial charge in [-0.15, -0.1) is 0 Å². The number of hydrogen-bond acceptors (Lipinski definition) is 2. The van der Waals surface area contributed by atoms with E-state index < -0.39 is 0 Å². The summed E-state index contributed by atoms with van der Waals surface area (Å²) < 4.78 is 5.76. The molecule has 1 N–H and O–H groups in total. The molecule has 0 aromatic heterocycles. The van der Waals surface area contributed by atoms with Crippen molar-refractivity contribution >= 4 is 0 Å². The highest BCUT2D eigenvalue weighted by Gasteiger charge is 2.19. The summed E-state index contributed by atoms with van der Waals surface area (Å²) in [7, 11) is 0. The lowest BCUT2D eigenvalue weighted by atomic mass is 10.0. The molecule has 0 spiro atoms. The first-order valence-electron chi connectivity index (χ1n) is 7.80. The van der Waals surface area contributed by atoms with Crippen LogP contribution in [0.1, 0.15) is 88.5 Å². The first kappa shape index (κ1) is 26.5. The maximum absolute atomic E-state index is 8.68. The third-order valence-electron chi connectivity index (χ3n) is 1.91. The zero-order chi connectivity index (χ0) is 15.6. The topological polar surface area (TPSA) is 29.5 Å². The van der Waals surface area contributed by atoms with Crippen molar-refractivity contribution < 1.29 is 9.84 Å². The number of aliphatic hydroxyl groups is 1. The monoisotopic (exact) mass is 264 g/mol. The summed E-state index contributed by atoms with van der Waals surface area (Å²) in [5.74, 6) is 0. The van der Waals surface area contributed by atoms with Crippen LogP contribution < -0.4 is 0 Å². The Morgan fingerprint density at radius 2 is 1.39 bits per heavy atom. The molecule has 0 heterocycles. The minimum atomic E-state index is -0.0384. The first-order valence-corrected chi connectivity index (χ1v) is 7.80. The third-order valence-corrected chi connectivity index (χ3v) is 1.91. The average molecular weight is 264 g/mol. The molecule has 0 aliphatic rings. The van der Waals surface area contributed by atoms with E-state index in [4.69, 9.17) is 9.84 Å². The van der Waals surface area contributed by atoms with Crippen LogP contribution in [0, 0.1) is 0 Å². The minimum absolute atomic E-state index is 0.0384. The smallest absolute Gasteiger partial charge is 0.0630 e. The molecule has 1 atom stereocenters. The van der Waals surface area contributed by atoms with E-state index in [-0.39, 0.29) is 18.3 Å². The highest BCUT2D eigenvalue weighted by molar-refractivity contribution is 4.69. The Kier molecular flexibility index (Phi) is 32.6. The van der Waals surface area contributed by atoms with E-state index in [0.29, 0.717) is 0 Å². The van der Waals surface area contributed by atoms with Crippen molar-refractivity contribution in [2.24, 2.45) is 0 Å². The largest absolute Gasteiger partial charge is 0.396 e. The zero-order valence-electron chi connectivity index (χ0n) is 14.8. The minimum Gasteiger partial charge on any atom is -0.396 e. The Hall–Kier alpha value is -0.0800. The van der Waals surface area contributed by atoms with E-state index in [1.165, 1.54) is 0 Å². The zero-order valence-corrected chi connectivity index (χ0v) is 14.8. The SMILES string of the molecule is CC.CC.CC.CCCC(C)(C)OC(C)CCO. The van der Waals surface area contributed by atoms with Gasteiger partial charge in [0.25, 0.3) is 0 Å². The van der Waals surface area contributed by atoms with Crippen LogP contribution in [0.25, 0.3) is 0 Å². The molecule has 0 aliphatic heterocycles. The highest BCUT2D eigenvalue weighted by Crippen LogP contribution is 2.19. The number of hydrogen-bond donors (Lipinski definition) is 1. The van der Waals surface area contributed by atoms with Gasteiger partial charge in [-0.25, -0.2) is 0 Å². The van der Waals surface area contributed by atoms with Crippen molar-refractivity contribution in [1.29, 1.82) is 0 Å². The Bertz CT molecular complexity index is 112. The molecule has 0 rings (SSSR count). The molecule has 0 aromatic rings. The summed E-state index contributed by atoms with van der Waals surface area (Å²) in [6, 6.07) is 0. The lowest BCUT2D eigenvalue weighted by molar-refractivity contribution is -0.0751. The molecular formula is C16H40O2. The molecule has 2 nitrogen and oxygen atoms in total. The molecule has 1 unspecified atom stereocenters. The summed E-state index contributed by atoms with van der Waals surface area (Å²) in [6.07, 6.45) is 3.10. The maximum atomic E-state index is 8.68. The quantitative estimate of drug-likeness (QED) is 0.693. The molecule has 116 valence electrons. The summed E-state index contributed by atoms with van der Waals surface area (Å²) >= 11 is 0. The van der Waals surface area contributed by atoms with E-state index in [0.717, 1.165) is 19.3 Å². The molecule has 0 fully saturated rings. The molecule has 0 aliphatic carbocycles. The van der Waals surface area contributed by atoms with Crippen LogP contribution in [0.4, 0.5) is 0 Å². The Labute approximate surface area is 117 Å². The second-order valence-electron chi connectivity index (χ2n) is 3.95. The van der Waals surface area contributed by atoms with E-state index in [1.807, 2.05) is 48.5 Å². The van der Waals surface area contributed by atoms with Crippen molar-refractivity contribution in [1.82, 2.24) is 0 Å². The molecule has 0 saturated carbocycles. The van der Waals surface area contributed by atoms with Gasteiger partial charge in [0, 0.05) is 6.61 Å². The molecule has 18 heavy (non-hydrogen) atoms. The molecule has 0 saturated heterocycles. The van der Waals surface area contributed by atoms with Gasteiger partial charge in [-0.3, -0.25) is 0 Å². The van der Waals surface area contributed by atoms with Gasteiger partial charge in [0.2, 0.25) is 0 Å². The fourth-order valence-electron chi connectivity index (χ4n) is 1.45. The van der Waals surface area contributed by atoms with Crippen LogP contribution in [0.2, 0.25) is 0 Å². The van der Waals surface area contributed by atoms with Crippen molar-refractivity contribution in [3.8, 4) is 0 Å². The van der Waals surface area contributed by atoms with Crippen LogP contribution in [0.3, 0.4) is 0 Å². The van der Waals surface area contributed by atoms with Gasteiger partial charge in [-0.1, -0.05) is 54.9 Å². The van der Waals surface area contributed by atoms with E-state index in [2.05, 4.69) is 20.8 Å². The molecule has 2 heteroatoms. The number of rotatable bonds is 6. The average Bonchev–Trinajstić information content (AvgIpc) is 2.36. The summed E-state index contributed by atoms with van der Waals surface area (Å²) in [4.78, 5) is 0. The summed E-state index contributed by atoms with van der Waals surface area (Å²) in [6.45, 7) is 20.6. The molecule has 0 aromatic carbocycles. The summed E-state index contributed by atoms with van der Waals surface area (Å²) in [5.41, 5.74) is -0.0384. The second-order valence-corrected chi connectivity index (χ2v) is 3.95. The van der Waals surface area contributed by atoms with Gasteiger partial charge in [-0.2, -0.15) is 0 Å². The lowest BCUT2D eigenvalue weighted by Crippen LogP contribution is -2.29. The Balaban J connectivity index is -0.000000141. The van der Waals surface area contributed by atoms with E-state index >= 15 is 0 Å². The predicted molar refractivity (Wildman–Crippen MR) is 85.3 cm³/mol. The fourth-order valence-corrected chi connectivity index (χ4v) is 1.45. The van der Waals surface area contributed by atoms with Gasteiger partial charge < -0.3 is 9.84 Å². The van der Waals surface area contributed by atoms with Gasteiger partial charge in [0.05, 0.1) is 11.7 Å². The van der Waals surface area contributed by atoms with Crippen molar-refractivity contribution in [3.63, 3.8) is 0 Å². The Morgan fingerprint density at radius 3 is 1.67 bits per heavy atom. The number of ether oxygens (including phenoxy) is 1. The maximum Gasteiger partial charge on any atom is 0.0630 e. The van der Waals surface area contributed by atoms with Crippen molar-refractivity contribution in [3.05, 3.63) is 0 Å². The molecular weight excluding hydrogens is 224 g/mol. The normalized spacial score (nSPS) is 10.8. The van der Waals surface area contributed by atoms with Gasteiger partial charge in [-0.05, 0) is 33.6 Å². The second kappa shape index (κ2) is 22.1. The standard InChI is InChI=1S/C10H22O2.3C2H6/c1-5-7-10(3,4)12-9(2)6-8-11;3*1-2/h9,11H,5-8H2,1-4H3;3*1-2H3. The van der Waals surface area contributed by atoms with Crippen LogP contribution >= 0.6 is 0 Å². The first-order chi connectivity index (χ1) is 8.52. The third kappa shape index (κ3) is 24.9. The van der Waals surface area contributed by atoms with Crippen LogP contribution in [0.5, 0.6) is 0 Å². The predicted octanol–water partition coefficient (Wildman–Crippen LogP) is 5.43. The van der Waals surface area contributed by atoms with Crippen LogP contribution in [-0.4, -0.2) is 23.4 Å². The van der Waals surface area contributed by atoms with Gasteiger partial charge in [0.15, 0.2) is 0 Å². The van der Waals surface area contributed by atoms with Gasteiger partial charge >= 0.3 is 0 Å². The molecule has 0 radical (unpaired) electrons.